The molecule has 30 heavy (non-hydrogen) atoms. The van der Waals surface area contributed by atoms with Crippen LogP contribution in [0.15, 0.2) is 40.8 Å². The van der Waals surface area contributed by atoms with Gasteiger partial charge in [-0.1, -0.05) is 23.7 Å². The predicted octanol–water partition coefficient (Wildman–Crippen LogP) is 5.26. The summed E-state index contributed by atoms with van der Waals surface area (Å²) in [5.41, 5.74) is 4.30. The van der Waals surface area contributed by atoms with Crippen molar-refractivity contribution < 1.29 is 13.9 Å². The Morgan fingerprint density at radius 2 is 2.03 bits per heavy atom. The van der Waals surface area contributed by atoms with Crippen LogP contribution in [0.1, 0.15) is 35.4 Å². The molecule has 1 N–H and O–H groups in total. The lowest BCUT2D eigenvalue weighted by Crippen LogP contribution is -2.19. The van der Waals surface area contributed by atoms with E-state index in [0.717, 1.165) is 24.2 Å². The summed E-state index contributed by atoms with van der Waals surface area (Å²) in [6.45, 7) is 1.98. The van der Waals surface area contributed by atoms with Crippen molar-refractivity contribution in [2.45, 2.75) is 45.8 Å². The molecule has 8 heteroatoms. The average Bonchev–Trinajstić information content (AvgIpc) is 3.08. The molecule has 1 aliphatic rings. The maximum Gasteiger partial charge on any atom is 0.287 e. The van der Waals surface area contributed by atoms with Crippen LogP contribution >= 0.6 is 23.8 Å². The second-order valence-corrected chi connectivity index (χ2v) is 8.11. The predicted molar refractivity (Wildman–Crippen MR) is 118 cm³/mol. The Bertz CT molecular complexity index is 1140. The lowest BCUT2D eigenvalue weighted by atomic mass is 9.92. The summed E-state index contributed by atoms with van der Waals surface area (Å²) >= 11 is 11.3. The first-order valence-corrected chi connectivity index (χ1v) is 10.6. The zero-order valence-electron chi connectivity index (χ0n) is 16.6. The third-order valence-electron chi connectivity index (χ3n) is 5.08. The number of halogens is 1. The summed E-state index contributed by atoms with van der Waals surface area (Å²) in [5.74, 6) is 0.825. The smallest absolute Gasteiger partial charge is 0.287 e. The number of nitrogens with zero attached hydrogens (tertiary/aromatic N) is 2. The van der Waals surface area contributed by atoms with Gasteiger partial charge in [0.25, 0.3) is 10.7 Å². The normalized spacial score (nSPS) is 13.0. The van der Waals surface area contributed by atoms with Gasteiger partial charge in [-0.25, -0.2) is 4.68 Å². The first-order chi connectivity index (χ1) is 14.5. The van der Waals surface area contributed by atoms with E-state index in [0.29, 0.717) is 16.6 Å². The zero-order valence-corrected chi connectivity index (χ0v) is 18.2. The molecule has 3 aromatic rings. The largest absolute Gasteiger partial charge is 0.484 e. The van der Waals surface area contributed by atoms with Gasteiger partial charge >= 0.3 is 0 Å². The summed E-state index contributed by atoms with van der Waals surface area (Å²) in [7, 11) is 0. The topological polar surface area (TPSA) is 69.3 Å². The van der Waals surface area contributed by atoms with E-state index in [9.17, 15) is 4.79 Å². The van der Waals surface area contributed by atoms with E-state index in [1.165, 1.54) is 28.7 Å². The van der Waals surface area contributed by atoms with Crippen LogP contribution in [-0.4, -0.2) is 15.7 Å². The minimum atomic E-state index is -0.276. The molecule has 1 heterocycles. The molecule has 0 saturated carbocycles. The molecule has 6 nitrogen and oxygen atoms in total. The molecular formula is C22H22ClN3O3S. The highest BCUT2D eigenvalue weighted by Crippen LogP contribution is 2.26. The van der Waals surface area contributed by atoms with Gasteiger partial charge in [0, 0.05) is 10.7 Å². The van der Waals surface area contributed by atoms with Crippen LogP contribution in [0.2, 0.25) is 5.02 Å². The minimum absolute atomic E-state index is 0.0628. The quantitative estimate of drug-likeness (QED) is 0.526. The standard InChI is InChI=1S/C22H22ClN3O3S/c1-14-6-8-17(11-19(14)23)24-20(27)12-26-22(30)29-21(25-26)13-28-18-9-7-15-4-2-3-5-16(15)10-18/h6-11H,2-5,12-13H2,1H3,(H,24,27). The van der Waals surface area contributed by atoms with Crippen LogP contribution in [0.5, 0.6) is 5.75 Å². The van der Waals surface area contributed by atoms with E-state index in [-0.39, 0.29) is 23.9 Å². The maximum absolute atomic E-state index is 12.3. The van der Waals surface area contributed by atoms with E-state index in [1.807, 2.05) is 19.1 Å². The highest BCUT2D eigenvalue weighted by atomic mass is 35.5. The highest BCUT2D eigenvalue weighted by Gasteiger charge is 2.13. The number of aryl methyl sites for hydroxylation is 3. The zero-order chi connectivity index (χ0) is 21.1. The van der Waals surface area contributed by atoms with Gasteiger partial charge in [0.05, 0.1) is 0 Å². The Kier molecular flexibility index (Phi) is 6.20. The van der Waals surface area contributed by atoms with Crippen molar-refractivity contribution in [2.75, 3.05) is 5.32 Å². The van der Waals surface area contributed by atoms with E-state index < -0.39 is 0 Å². The number of amides is 1. The van der Waals surface area contributed by atoms with Crippen molar-refractivity contribution in [3.63, 3.8) is 0 Å². The fraction of sp³-hybridized carbons (Fsp3) is 0.318. The highest BCUT2D eigenvalue weighted by molar-refractivity contribution is 7.71. The van der Waals surface area contributed by atoms with Crippen LogP contribution in [-0.2, 0) is 30.8 Å². The molecule has 0 radical (unpaired) electrons. The van der Waals surface area contributed by atoms with Gasteiger partial charge in [0.15, 0.2) is 6.61 Å². The number of hydrogen-bond donors (Lipinski definition) is 1. The molecule has 0 fully saturated rings. The number of nitrogens with one attached hydrogen (secondary N) is 1. The molecule has 0 unspecified atom stereocenters. The molecule has 1 aliphatic carbocycles. The molecule has 156 valence electrons. The molecular weight excluding hydrogens is 422 g/mol. The summed E-state index contributed by atoms with van der Waals surface area (Å²) in [6, 6.07) is 11.5. The van der Waals surface area contributed by atoms with Crippen molar-refractivity contribution in [1.29, 1.82) is 0 Å². The monoisotopic (exact) mass is 443 g/mol. The molecule has 0 bridgehead atoms. The van der Waals surface area contributed by atoms with E-state index in [2.05, 4.69) is 22.5 Å². The number of anilines is 1. The maximum atomic E-state index is 12.3. The van der Waals surface area contributed by atoms with Crippen molar-refractivity contribution in [2.24, 2.45) is 0 Å². The lowest BCUT2D eigenvalue weighted by molar-refractivity contribution is -0.117. The number of aromatic nitrogens is 2. The van der Waals surface area contributed by atoms with E-state index in [1.54, 1.807) is 12.1 Å². The summed E-state index contributed by atoms with van der Waals surface area (Å²) in [6.07, 6.45) is 4.68. The third-order valence-corrected chi connectivity index (χ3v) is 5.78. The van der Waals surface area contributed by atoms with E-state index >= 15 is 0 Å². The molecule has 0 saturated heterocycles. The average molecular weight is 444 g/mol. The van der Waals surface area contributed by atoms with Crippen LogP contribution in [0.4, 0.5) is 5.69 Å². The SMILES string of the molecule is Cc1ccc(NC(=O)Cn2nc(COc3ccc4c(c3)CCCC4)oc2=S)cc1Cl. The molecule has 4 rings (SSSR count). The van der Waals surface area contributed by atoms with E-state index in [4.69, 9.17) is 33.0 Å². The first-order valence-electron chi connectivity index (χ1n) is 9.85. The number of carbonyl (C=O) groups is 1. The van der Waals surface area contributed by atoms with Gasteiger partial charge in [-0.2, -0.15) is 0 Å². The number of carbonyl (C=O) groups excluding carboxylic acids is 1. The Morgan fingerprint density at radius 1 is 1.23 bits per heavy atom. The van der Waals surface area contributed by atoms with Crippen LogP contribution < -0.4 is 10.1 Å². The Balaban J connectivity index is 1.36. The van der Waals surface area contributed by atoms with Gasteiger partial charge < -0.3 is 14.5 Å². The molecule has 1 aromatic heterocycles. The van der Waals surface area contributed by atoms with Crippen molar-refractivity contribution in [3.05, 3.63) is 68.8 Å². The number of fused-ring (bicyclic) bond motifs is 1. The third kappa shape index (κ3) is 4.91. The van der Waals surface area contributed by atoms with Gasteiger partial charge in [-0.05, 0) is 85.8 Å². The molecule has 0 aliphatic heterocycles. The van der Waals surface area contributed by atoms with Crippen molar-refractivity contribution in [3.8, 4) is 5.75 Å². The second-order valence-electron chi connectivity index (χ2n) is 7.36. The molecule has 2 aromatic carbocycles. The van der Waals surface area contributed by atoms with Gasteiger partial charge in [0.1, 0.15) is 12.3 Å². The number of hydrogen-bond acceptors (Lipinski definition) is 5. The fourth-order valence-electron chi connectivity index (χ4n) is 3.46. The van der Waals surface area contributed by atoms with Crippen molar-refractivity contribution in [1.82, 2.24) is 9.78 Å². The summed E-state index contributed by atoms with van der Waals surface area (Å²) < 4.78 is 12.6. The number of rotatable bonds is 6. The Labute approximate surface area is 184 Å². The van der Waals surface area contributed by atoms with Gasteiger partial charge in [-0.3, -0.25) is 4.79 Å². The van der Waals surface area contributed by atoms with Crippen LogP contribution in [0.25, 0.3) is 0 Å². The number of ether oxygens (including phenoxy) is 1. The Morgan fingerprint density at radius 3 is 2.83 bits per heavy atom. The fourth-order valence-corrected chi connectivity index (χ4v) is 3.84. The molecule has 0 spiro atoms. The first kappa shape index (κ1) is 20.6. The van der Waals surface area contributed by atoms with Gasteiger partial charge in [0.2, 0.25) is 5.91 Å². The minimum Gasteiger partial charge on any atom is -0.484 e. The summed E-state index contributed by atoms with van der Waals surface area (Å²) in [5, 5.41) is 7.63. The summed E-state index contributed by atoms with van der Waals surface area (Å²) in [4.78, 5) is 12.4. The van der Waals surface area contributed by atoms with Crippen LogP contribution in [0, 0.1) is 11.8 Å². The second kappa shape index (κ2) is 9.02. The van der Waals surface area contributed by atoms with Crippen molar-refractivity contribution >= 4 is 35.4 Å². The molecule has 1 amide bonds. The van der Waals surface area contributed by atoms with Crippen LogP contribution in [0.3, 0.4) is 0 Å². The Hall–Kier alpha value is -2.64. The van der Waals surface area contributed by atoms with Gasteiger partial charge in [-0.15, -0.1) is 5.10 Å². The molecule has 0 atom stereocenters. The number of benzene rings is 2. The lowest BCUT2D eigenvalue weighted by Gasteiger charge is -2.16.